The predicted molar refractivity (Wildman–Crippen MR) is 97.3 cm³/mol. The van der Waals surface area contributed by atoms with E-state index in [9.17, 15) is 4.79 Å². The van der Waals surface area contributed by atoms with Gasteiger partial charge in [0.1, 0.15) is 5.37 Å². The molecule has 2 saturated heterocycles. The van der Waals surface area contributed by atoms with Gasteiger partial charge in [0.25, 0.3) is 0 Å². The Morgan fingerprint density at radius 1 is 1.22 bits per heavy atom. The molecule has 0 bridgehead atoms. The van der Waals surface area contributed by atoms with Gasteiger partial charge in [-0.15, -0.1) is 11.8 Å². The molecule has 2 heterocycles. The van der Waals surface area contributed by atoms with Gasteiger partial charge in [-0.05, 0) is 24.6 Å². The van der Waals surface area contributed by atoms with Crippen molar-refractivity contribution in [1.29, 1.82) is 0 Å². The highest BCUT2D eigenvalue weighted by Gasteiger charge is 2.38. The number of hydrogen-bond donors (Lipinski definition) is 1. The van der Waals surface area contributed by atoms with Crippen molar-refractivity contribution >= 4 is 40.9 Å². The first-order valence-corrected chi connectivity index (χ1v) is 9.60. The Balaban J connectivity index is 1.72. The zero-order valence-corrected chi connectivity index (χ0v) is 15.4. The van der Waals surface area contributed by atoms with E-state index in [2.05, 4.69) is 10.2 Å². The quantitative estimate of drug-likeness (QED) is 0.879. The van der Waals surface area contributed by atoms with E-state index in [0.29, 0.717) is 10.0 Å². The van der Waals surface area contributed by atoms with Gasteiger partial charge in [-0.2, -0.15) is 0 Å². The van der Waals surface area contributed by atoms with Gasteiger partial charge in [-0.1, -0.05) is 29.3 Å². The average Bonchev–Trinajstić information content (AvgIpc) is 2.84. The minimum absolute atomic E-state index is 0.0162. The number of hydrogen-bond acceptors (Lipinski definition) is 4. The van der Waals surface area contributed by atoms with Crippen LogP contribution in [0, 0.1) is 0 Å². The van der Waals surface area contributed by atoms with E-state index >= 15 is 0 Å². The van der Waals surface area contributed by atoms with Crippen molar-refractivity contribution in [2.24, 2.45) is 0 Å². The molecule has 126 valence electrons. The van der Waals surface area contributed by atoms with Crippen LogP contribution in [0.15, 0.2) is 18.2 Å². The SMILES string of the molecule is C[C@@H]1S[C@H](c2ccc(Cl)c(Cl)c2)N(CCN2CCNCC2)C1=O. The van der Waals surface area contributed by atoms with Crippen molar-refractivity contribution in [3.8, 4) is 0 Å². The van der Waals surface area contributed by atoms with Crippen molar-refractivity contribution in [2.45, 2.75) is 17.5 Å². The highest BCUT2D eigenvalue weighted by atomic mass is 35.5. The van der Waals surface area contributed by atoms with Crippen molar-refractivity contribution in [3.05, 3.63) is 33.8 Å². The summed E-state index contributed by atoms with van der Waals surface area (Å²) in [4.78, 5) is 16.9. The second-order valence-corrected chi connectivity index (χ2v) is 8.17. The summed E-state index contributed by atoms with van der Waals surface area (Å²) in [5.74, 6) is 0.209. The van der Waals surface area contributed by atoms with Gasteiger partial charge in [-0.25, -0.2) is 0 Å². The first-order valence-electron chi connectivity index (χ1n) is 7.90. The maximum absolute atomic E-state index is 12.5. The molecule has 0 aliphatic carbocycles. The monoisotopic (exact) mass is 373 g/mol. The van der Waals surface area contributed by atoms with Crippen LogP contribution in [0.2, 0.25) is 10.0 Å². The summed E-state index contributed by atoms with van der Waals surface area (Å²) < 4.78 is 0. The van der Waals surface area contributed by atoms with Gasteiger partial charge >= 0.3 is 0 Å². The summed E-state index contributed by atoms with van der Waals surface area (Å²) in [6.07, 6.45) is 0. The van der Waals surface area contributed by atoms with Gasteiger partial charge in [0.05, 0.1) is 15.3 Å². The maximum Gasteiger partial charge on any atom is 0.236 e. The molecule has 2 atom stereocenters. The Morgan fingerprint density at radius 2 is 1.96 bits per heavy atom. The standard InChI is InChI=1S/C16H21Cl2N3OS/c1-11-15(22)21(9-8-20-6-4-19-5-7-20)16(23-11)12-2-3-13(17)14(18)10-12/h2-3,10-11,16,19H,4-9H2,1H3/t11-,16+/m0/s1. The third kappa shape index (κ3) is 3.97. The molecule has 2 aliphatic heterocycles. The number of thioether (sulfide) groups is 1. The van der Waals surface area contributed by atoms with Crippen molar-refractivity contribution in [1.82, 2.24) is 15.1 Å². The van der Waals surface area contributed by atoms with E-state index in [0.717, 1.165) is 44.8 Å². The van der Waals surface area contributed by atoms with Crippen LogP contribution in [0.3, 0.4) is 0 Å². The van der Waals surface area contributed by atoms with Crippen LogP contribution in [0.4, 0.5) is 0 Å². The van der Waals surface area contributed by atoms with Crippen molar-refractivity contribution in [3.63, 3.8) is 0 Å². The van der Waals surface area contributed by atoms with Crippen molar-refractivity contribution < 1.29 is 4.79 Å². The Labute approximate surface area is 151 Å². The molecule has 0 unspecified atom stereocenters. The Bertz CT molecular complexity index is 580. The summed E-state index contributed by atoms with van der Waals surface area (Å²) in [5.41, 5.74) is 1.04. The largest absolute Gasteiger partial charge is 0.324 e. The van der Waals surface area contributed by atoms with Gasteiger partial charge in [-0.3, -0.25) is 9.69 Å². The maximum atomic E-state index is 12.5. The Hall–Kier alpha value is -0.460. The highest BCUT2D eigenvalue weighted by Crippen LogP contribution is 2.43. The lowest BCUT2D eigenvalue weighted by molar-refractivity contribution is -0.130. The van der Waals surface area contributed by atoms with E-state index in [1.165, 1.54) is 0 Å². The number of carbonyl (C=O) groups excluding carboxylic acids is 1. The molecule has 0 spiro atoms. The third-order valence-electron chi connectivity index (χ3n) is 4.34. The molecule has 1 amide bonds. The van der Waals surface area contributed by atoms with E-state index in [-0.39, 0.29) is 16.5 Å². The van der Waals surface area contributed by atoms with Crippen LogP contribution in [0.5, 0.6) is 0 Å². The molecule has 0 aromatic heterocycles. The van der Waals surface area contributed by atoms with Gasteiger partial charge < -0.3 is 10.2 Å². The normalized spacial score (nSPS) is 26.0. The van der Waals surface area contributed by atoms with Crippen LogP contribution in [-0.2, 0) is 4.79 Å². The Kier molecular flexibility index (Phi) is 5.75. The number of amides is 1. The lowest BCUT2D eigenvalue weighted by Crippen LogP contribution is -2.46. The van der Waals surface area contributed by atoms with Crippen LogP contribution in [-0.4, -0.2) is 60.2 Å². The van der Waals surface area contributed by atoms with E-state index in [4.69, 9.17) is 23.2 Å². The number of nitrogens with one attached hydrogen (secondary N) is 1. The minimum Gasteiger partial charge on any atom is -0.324 e. The first kappa shape index (κ1) is 17.4. The first-order chi connectivity index (χ1) is 11.1. The summed E-state index contributed by atoms with van der Waals surface area (Å²) in [5, 5.41) is 4.45. The average molecular weight is 374 g/mol. The Morgan fingerprint density at radius 3 is 2.65 bits per heavy atom. The fourth-order valence-electron chi connectivity index (χ4n) is 3.01. The van der Waals surface area contributed by atoms with Crippen LogP contribution < -0.4 is 5.32 Å². The number of piperazine rings is 1. The number of benzene rings is 1. The van der Waals surface area contributed by atoms with E-state index < -0.39 is 0 Å². The fourth-order valence-corrected chi connectivity index (χ4v) is 4.61. The van der Waals surface area contributed by atoms with Gasteiger partial charge in [0.2, 0.25) is 5.91 Å². The number of nitrogens with zero attached hydrogens (tertiary/aromatic N) is 2. The molecule has 2 fully saturated rings. The summed E-state index contributed by atoms with van der Waals surface area (Å²) in [6.45, 7) is 7.77. The molecule has 2 aliphatic rings. The molecule has 7 heteroatoms. The molecular formula is C16H21Cl2N3OS. The molecule has 1 N–H and O–H groups in total. The molecule has 1 aromatic rings. The third-order valence-corrected chi connectivity index (χ3v) is 6.48. The predicted octanol–water partition coefficient (Wildman–Crippen LogP) is 2.86. The lowest BCUT2D eigenvalue weighted by atomic mass is 10.2. The number of rotatable bonds is 4. The zero-order valence-electron chi connectivity index (χ0n) is 13.1. The molecule has 4 nitrogen and oxygen atoms in total. The molecule has 0 radical (unpaired) electrons. The van der Waals surface area contributed by atoms with Crippen LogP contribution in [0.1, 0.15) is 17.9 Å². The highest BCUT2D eigenvalue weighted by molar-refractivity contribution is 8.01. The number of carbonyl (C=O) groups is 1. The second-order valence-electron chi connectivity index (χ2n) is 5.93. The molecule has 1 aromatic carbocycles. The molecule has 0 saturated carbocycles. The topological polar surface area (TPSA) is 35.6 Å². The molecule has 3 rings (SSSR count). The van der Waals surface area contributed by atoms with Gasteiger partial charge in [0, 0.05) is 39.3 Å². The van der Waals surface area contributed by atoms with E-state index in [1.807, 2.05) is 30.0 Å². The second kappa shape index (κ2) is 7.62. The van der Waals surface area contributed by atoms with Gasteiger partial charge in [0.15, 0.2) is 0 Å². The van der Waals surface area contributed by atoms with E-state index in [1.54, 1.807) is 11.8 Å². The number of halogens is 2. The zero-order chi connectivity index (χ0) is 16.4. The smallest absolute Gasteiger partial charge is 0.236 e. The summed E-state index contributed by atoms with van der Waals surface area (Å²) in [6, 6.07) is 5.65. The van der Waals surface area contributed by atoms with Crippen LogP contribution in [0.25, 0.3) is 0 Å². The van der Waals surface area contributed by atoms with Crippen LogP contribution >= 0.6 is 35.0 Å². The summed E-state index contributed by atoms with van der Waals surface area (Å²) in [7, 11) is 0. The molecular weight excluding hydrogens is 353 g/mol. The minimum atomic E-state index is -0.0162. The fraction of sp³-hybridized carbons (Fsp3) is 0.562. The summed E-state index contributed by atoms with van der Waals surface area (Å²) >= 11 is 13.8. The lowest BCUT2D eigenvalue weighted by Gasteiger charge is -2.31. The molecule has 23 heavy (non-hydrogen) atoms. The van der Waals surface area contributed by atoms with Crippen molar-refractivity contribution in [2.75, 3.05) is 39.3 Å².